The molecule has 0 heterocycles. The second kappa shape index (κ2) is 10.0. The Balaban J connectivity index is 3.81. The Hall–Kier alpha value is -0.500. The second-order valence-electron chi connectivity index (χ2n) is 2.81. The Morgan fingerprint density at radius 2 is 1.73 bits per heavy atom. The molecule has 6 heteroatoms. The molecule has 0 aromatic heterocycles. The fourth-order valence-electron chi connectivity index (χ4n) is 0.867. The molecule has 1 unspecified atom stereocenters. The normalized spacial score (nSPS) is 13.1. The van der Waals surface area contributed by atoms with Gasteiger partial charge in [-0.25, -0.2) is 0 Å². The Labute approximate surface area is 89.2 Å². The molecule has 1 atom stereocenters. The maximum atomic E-state index is 9.42. The predicted octanol–water partition coefficient (Wildman–Crippen LogP) is -0.927. The quantitative estimate of drug-likeness (QED) is 0.327. The smallest absolute Gasteiger partial charge is 0.0942 e. The number of aliphatic hydroxyl groups excluding tert-OH is 3. The molecule has 0 saturated heterocycles. The predicted molar refractivity (Wildman–Crippen MR) is 53.6 cm³/mol. The van der Waals surface area contributed by atoms with E-state index >= 15 is 0 Å². The van der Waals surface area contributed by atoms with Crippen molar-refractivity contribution in [3.05, 3.63) is 12.7 Å². The molecule has 0 aliphatic rings. The highest BCUT2D eigenvalue weighted by molar-refractivity contribution is 4.72. The van der Waals surface area contributed by atoms with Crippen LogP contribution in [0.4, 0.5) is 0 Å². The summed E-state index contributed by atoms with van der Waals surface area (Å²) in [6, 6.07) is 0. The van der Waals surface area contributed by atoms with Crippen LogP contribution in [0.5, 0.6) is 0 Å². The van der Waals surface area contributed by atoms with Gasteiger partial charge in [-0.15, -0.1) is 6.58 Å². The number of hydroxylamine groups is 2. The highest BCUT2D eigenvalue weighted by atomic mass is 16.9. The van der Waals surface area contributed by atoms with E-state index in [9.17, 15) is 5.11 Å². The molecule has 3 N–H and O–H groups in total. The summed E-state index contributed by atoms with van der Waals surface area (Å²) in [6.07, 6.45) is 1.35. The third-order valence-electron chi connectivity index (χ3n) is 1.45. The average molecular weight is 221 g/mol. The van der Waals surface area contributed by atoms with E-state index in [1.807, 2.05) is 0 Å². The van der Waals surface area contributed by atoms with E-state index in [1.165, 1.54) is 0 Å². The van der Waals surface area contributed by atoms with Crippen LogP contribution in [0, 0.1) is 0 Å². The third kappa shape index (κ3) is 8.49. The van der Waals surface area contributed by atoms with E-state index in [-0.39, 0.29) is 33.0 Å². The van der Waals surface area contributed by atoms with E-state index in [0.717, 1.165) is 5.23 Å². The second-order valence-corrected chi connectivity index (χ2v) is 2.81. The van der Waals surface area contributed by atoms with E-state index < -0.39 is 6.10 Å². The topological polar surface area (TPSA) is 82.4 Å². The van der Waals surface area contributed by atoms with E-state index in [4.69, 9.17) is 19.9 Å². The van der Waals surface area contributed by atoms with Gasteiger partial charge < -0.3 is 15.3 Å². The standard InChI is InChI=1S/C9H19NO5/c1-2-3-9(13)8-10(14-6-4-11)15-7-5-12/h2,9,11-13H,1,3-8H2. The van der Waals surface area contributed by atoms with Crippen LogP contribution >= 0.6 is 0 Å². The van der Waals surface area contributed by atoms with Crippen molar-refractivity contribution >= 4 is 0 Å². The largest absolute Gasteiger partial charge is 0.394 e. The van der Waals surface area contributed by atoms with Crippen molar-refractivity contribution < 1.29 is 25.0 Å². The third-order valence-corrected chi connectivity index (χ3v) is 1.45. The molecule has 0 radical (unpaired) electrons. The van der Waals surface area contributed by atoms with Crippen LogP contribution < -0.4 is 0 Å². The lowest BCUT2D eigenvalue weighted by Gasteiger charge is -2.22. The summed E-state index contributed by atoms with van der Waals surface area (Å²) in [5.74, 6) is 0. The molecule has 0 amide bonds. The first-order valence-electron chi connectivity index (χ1n) is 4.78. The van der Waals surface area contributed by atoms with E-state index in [2.05, 4.69) is 6.58 Å². The van der Waals surface area contributed by atoms with Crippen LogP contribution in [0.3, 0.4) is 0 Å². The first-order chi connectivity index (χ1) is 7.24. The zero-order valence-corrected chi connectivity index (χ0v) is 8.71. The van der Waals surface area contributed by atoms with Crippen molar-refractivity contribution in [1.29, 1.82) is 0 Å². The first kappa shape index (κ1) is 14.5. The lowest BCUT2D eigenvalue weighted by Crippen LogP contribution is -2.34. The first-order valence-corrected chi connectivity index (χ1v) is 4.78. The molecule has 0 aliphatic heterocycles. The van der Waals surface area contributed by atoms with Crippen LogP contribution in [-0.4, -0.2) is 59.6 Å². The van der Waals surface area contributed by atoms with Crippen molar-refractivity contribution in [2.45, 2.75) is 12.5 Å². The van der Waals surface area contributed by atoms with Gasteiger partial charge in [0.05, 0.1) is 39.1 Å². The summed E-state index contributed by atoms with van der Waals surface area (Å²) >= 11 is 0. The Morgan fingerprint density at radius 1 is 1.20 bits per heavy atom. The van der Waals surface area contributed by atoms with Gasteiger partial charge >= 0.3 is 0 Å². The number of nitrogens with zero attached hydrogens (tertiary/aromatic N) is 1. The number of hydrogen-bond acceptors (Lipinski definition) is 6. The summed E-state index contributed by atoms with van der Waals surface area (Å²) in [5.41, 5.74) is 0. The lowest BCUT2D eigenvalue weighted by atomic mass is 10.2. The van der Waals surface area contributed by atoms with Gasteiger partial charge in [-0.2, -0.15) is 0 Å². The molecule has 0 rings (SSSR count). The molecular formula is C9H19NO5. The summed E-state index contributed by atoms with van der Waals surface area (Å²) in [5, 5.41) is 27.6. The molecule has 0 aliphatic carbocycles. The highest BCUT2D eigenvalue weighted by Gasteiger charge is 2.11. The molecular weight excluding hydrogens is 202 g/mol. The summed E-state index contributed by atoms with van der Waals surface area (Å²) in [4.78, 5) is 9.93. The summed E-state index contributed by atoms with van der Waals surface area (Å²) < 4.78 is 0. The van der Waals surface area contributed by atoms with Crippen LogP contribution in [0.15, 0.2) is 12.7 Å². The van der Waals surface area contributed by atoms with Gasteiger partial charge in [-0.05, 0) is 6.42 Å². The Kier molecular flexibility index (Phi) is 9.70. The zero-order chi connectivity index (χ0) is 11.5. The van der Waals surface area contributed by atoms with Gasteiger partial charge in [0.25, 0.3) is 0 Å². The Morgan fingerprint density at radius 3 is 2.13 bits per heavy atom. The molecule has 0 aromatic rings. The zero-order valence-electron chi connectivity index (χ0n) is 8.71. The number of hydrogen-bond donors (Lipinski definition) is 3. The fraction of sp³-hybridized carbons (Fsp3) is 0.778. The molecule has 15 heavy (non-hydrogen) atoms. The summed E-state index contributed by atoms with van der Waals surface area (Å²) in [6.45, 7) is 3.49. The molecule has 0 aromatic carbocycles. The van der Waals surface area contributed by atoms with Crippen LogP contribution in [0.1, 0.15) is 6.42 Å². The highest BCUT2D eigenvalue weighted by Crippen LogP contribution is 1.99. The van der Waals surface area contributed by atoms with Gasteiger partial charge in [0.15, 0.2) is 0 Å². The van der Waals surface area contributed by atoms with E-state index in [1.54, 1.807) is 6.08 Å². The average Bonchev–Trinajstić information content (AvgIpc) is 2.22. The minimum absolute atomic E-state index is 0.0756. The fourth-order valence-corrected chi connectivity index (χ4v) is 0.867. The van der Waals surface area contributed by atoms with Crippen molar-refractivity contribution in [2.24, 2.45) is 0 Å². The SMILES string of the molecule is C=CCC(O)CN(OCCO)OCCO. The van der Waals surface area contributed by atoms with Crippen LogP contribution in [-0.2, 0) is 9.68 Å². The van der Waals surface area contributed by atoms with Crippen molar-refractivity contribution in [3.63, 3.8) is 0 Å². The molecule has 0 fully saturated rings. The summed E-state index contributed by atoms with van der Waals surface area (Å²) in [7, 11) is 0. The van der Waals surface area contributed by atoms with Crippen LogP contribution in [0.25, 0.3) is 0 Å². The minimum Gasteiger partial charge on any atom is -0.394 e. The molecule has 0 spiro atoms. The van der Waals surface area contributed by atoms with Gasteiger partial charge in [-0.1, -0.05) is 11.3 Å². The number of rotatable bonds is 10. The Bertz CT molecular complexity index is 147. The van der Waals surface area contributed by atoms with Crippen molar-refractivity contribution in [2.75, 3.05) is 33.0 Å². The monoisotopic (exact) mass is 221 g/mol. The van der Waals surface area contributed by atoms with Gasteiger partial charge in [0, 0.05) is 0 Å². The molecule has 6 nitrogen and oxygen atoms in total. The maximum Gasteiger partial charge on any atom is 0.0942 e. The molecule has 90 valence electrons. The van der Waals surface area contributed by atoms with Gasteiger partial charge in [0.2, 0.25) is 0 Å². The molecule has 0 bridgehead atoms. The minimum atomic E-state index is -0.653. The number of aliphatic hydroxyl groups is 3. The van der Waals surface area contributed by atoms with Crippen LogP contribution in [0.2, 0.25) is 0 Å². The lowest BCUT2D eigenvalue weighted by molar-refractivity contribution is -0.376. The molecule has 0 saturated carbocycles. The van der Waals surface area contributed by atoms with Crippen molar-refractivity contribution in [1.82, 2.24) is 5.23 Å². The van der Waals surface area contributed by atoms with Crippen molar-refractivity contribution in [3.8, 4) is 0 Å². The van der Waals surface area contributed by atoms with E-state index in [0.29, 0.717) is 6.42 Å². The maximum absolute atomic E-state index is 9.42. The van der Waals surface area contributed by atoms with Gasteiger partial charge in [0.1, 0.15) is 0 Å². The van der Waals surface area contributed by atoms with Gasteiger partial charge in [-0.3, -0.25) is 9.68 Å².